The van der Waals surface area contributed by atoms with Gasteiger partial charge in [-0.25, -0.2) is 13.0 Å². The number of hydrogen-bond acceptors (Lipinski definition) is 8. The maximum Gasteiger partial charge on any atom is 0.258 e. The van der Waals surface area contributed by atoms with Crippen LogP contribution in [0.25, 0.3) is 6.08 Å². The number of nitrogens with zero attached hydrogens (tertiary/aromatic N) is 4. The van der Waals surface area contributed by atoms with E-state index in [1.807, 2.05) is 6.07 Å². The fourth-order valence-corrected chi connectivity index (χ4v) is 6.32. The molecule has 1 saturated heterocycles. The van der Waals surface area contributed by atoms with Crippen LogP contribution in [0.15, 0.2) is 71.0 Å². The van der Waals surface area contributed by atoms with Crippen LogP contribution in [0.5, 0.6) is 5.75 Å². The fourth-order valence-electron chi connectivity index (χ4n) is 3.80. The van der Waals surface area contributed by atoms with Crippen molar-refractivity contribution in [2.75, 3.05) is 26.0 Å². The zero-order chi connectivity index (χ0) is 25.5. The average Bonchev–Trinajstić information content (AvgIpc) is 3.40. The highest BCUT2D eigenvalue weighted by Gasteiger charge is 2.29. The van der Waals surface area contributed by atoms with Crippen molar-refractivity contribution in [3.05, 3.63) is 72.1 Å². The number of allylic oxidation sites excluding steroid dienone is 1. The fraction of sp³-hybridized carbons (Fsp3) is 0.280. The summed E-state index contributed by atoms with van der Waals surface area (Å²) in [6, 6.07) is 13.6. The highest BCUT2D eigenvalue weighted by molar-refractivity contribution is 7.99. The first-order chi connectivity index (χ1) is 17.4. The third-order valence-corrected chi connectivity index (χ3v) is 8.58. The Balaban J connectivity index is 1.49. The number of ether oxygens (including phenoxy) is 1. The summed E-state index contributed by atoms with van der Waals surface area (Å²) < 4.78 is 34.5. The quantitative estimate of drug-likeness (QED) is 0.235. The lowest BCUT2D eigenvalue weighted by Gasteiger charge is -2.26. The third-order valence-electron chi connectivity index (χ3n) is 5.72. The Labute approximate surface area is 214 Å². The van der Waals surface area contributed by atoms with Crippen molar-refractivity contribution in [3.8, 4) is 5.75 Å². The molecule has 1 fully saturated rings. The summed E-state index contributed by atoms with van der Waals surface area (Å²) in [6.07, 6.45) is 6.78. The monoisotopic (exact) mass is 526 g/mol. The van der Waals surface area contributed by atoms with E-state index >= 15 is 0 Å². The van der Waals surface area contributed by atoms with Gasteiger partial charge in [0.1, 0.15) is 17.0 Å². The molecule has 0 bridgehead atoms. The molecule has 11 heteroatoms. The highest BCUT2D eigenvalue weighted by Crippen LogP contribution is 2.30. The van der Waals surface area contributed by atoms with Crippen molar-refractivity contribution in [2.24, 2.45) is 0 Å². The third kappa shape index (κ3) is 5.92. The van der Waals surface area contributed by atoms with Gasteiger partial charge >= 0.3 is 0 Å². The molecule has 1 aliphatic rings. The highest BCUT2D eigenvalue weighted by atomic mass is 32.2. The summed E-state index contributed by atoms with van der Waals surface area (Å²) in [7, 11) is -2.30. The van der Waals surface area contributed by atoms with Crippen molar-refractivity contribution >= 4 is 39.6 Å². The van der Waals surface area contributed by atoms with Crippen molar-refractivity contribution in [2.45, 2.75) is 29.3 Å². The zero-order valence-corrected chi connectivity index (χ0v) is 21.4. The number of methoxy groups -OCH3 is 1. The molecule has 4 rings (SSSR count). The summed E-state index contributed by atoms with van der Waals surface area (Å²) in [5.41, 5.74) is 1.11. The molecule has 0 unspecified atom stereocenters. The number of sulfonamides is 1. The number of hydrogen-bond donors (Lipinski definition) is 0. The lowest BCUT2D eigenvalue weighted by Crippen LogP contribution is -2.35. The zero-order valence-electron chi connectivity index (χ0n) is 19.7. The molecular weight excluding hydrogens is 500 g/mol. The van der Waals surface area contributed by atoms with Gasteiger partial charge in [0, 0.05) is 24.7 Å². The Bertz CT molecular complexity index is 1360. The van der Waals surface area contributed by atoms with Crippen LogP contribution in [0, 0.1) is 0 Å². The molecule has 2 aromatic carbocycles. The molecule has 3 aromatic rings. The van der Waals surface area contributed by atoms with E-state index in [1.165, 1.54) is 40.5 Å². The Hall–Kier alpha value is -3.28. The SMILES string of the molecule is COc1ccc(C=CC(=O)n2cnnc2SCC(=O)c2ccccc2)cc1S(=O)(=O)N1CCCCC1. The van der Waals surface area contributed by atoms with E-state index in [0.29, 0.717) is 24.2 Å². The van der Waals surface area contributed by atoms with Crippen molar-refractivity contribution in [3.63, 3.8) is 0 Å². The number of aromatic nitrogens is 3. The van der Waals surface area contributed by atoms with Gasteiger partial charge in [-0.3, -0.25) is 9.59 Å². The summed E-state index contributed by atoms with van der Waals surface area (Å²) in [5, 5.41) is 8.03. The van der Waals surface area contributed by atoms with Gasteiger partial charge in [0.15, 0.2) is 10.9 Å². The van der Waals surface area contributed by atoms with Crippen LogP contribution >= 0.6 is 11.8 Å². The molecule has 9 nitrogen and oxygen atoms in total. The van der Waals surface area contributed by atoms with E-state index < -0.39 is 15.9 Å². The van der Waals surface area contributed by atoms with Crippen molar-refractivity contribution in [1.82, 2.24) is 19.1 Å². The average molecular weight is 527 g/mol. The second-order valence-electron chi connectivity index (χ2n) is 8.11. The Morgan fingerprint density at radius 1 is 1.08 bits per heavy atom. The second kappa shape index (κ2) is 11.6. The molecule has 1 aliphatic heterocycles. The Morgan fingerprint density at radius 3 is 2.56 bits per heavy atom. The number of carbonyl (C=O) groups excluding carboxylic acids is 2. The van der Waals surface area contributed by atoms with Gasteiger partial charge < -0.3 is 4.74 Å². The van der Waals surface area contributed by atoms with Gasteiger partial charge in [0.05, 0.1) is 12.9 Å². The number of rotatable bonds is 9. The van der Waals surface area contributed by atoms with Crippen molar-refractivity contribution < 1.29 is 22.7 Å². The van der Waals surface area contributed by atoms with E-state index in [2.05, 4.69) is 10.2 Å². The van der Waals surface area contributed by atoms with Gasteiger partial charge in [-0.2, -0.15) is 4.31 Å². The normalized spacial score (nSPS) is 14.7. The largest absolute Gasteiger partial charge is 0.495 e. The molecule has 2 heterocycles. The molecule has 0 aliphatic carbocycles. The first kappa shape index (κ1) is 25.8. The van der Waals surface area contributed by atoms with E-state index in [-0.39, 0.29) is 27.3 Å². The predicted octanol–water partition coefficient (Wildman–Crippen LogP) is 3.79. The van der Waals surface area contributed by atoms with E-state index in [4.69, 9.17) is 4.74 Å². The Morgan fingerprint density at radius 2 is 1.83 bits per heavy atom. The lowest BCUT2D eigenvalue weighted by atomic mass is 10.2. The Kier molecular flexibility index (Phi) is 8.34. The van der Waals surface area contributed by atoms with Gasteiger partial charge in [0.25, 0.3) is 5.91 Å². The first-order valence-electron chi connectivity index (χ1n) is 11.4. The number of piperidine rings is 1. The van der Waals surface area contributed by atoms with Crippen LogP contribution in [0.1, 0.15) is 40.0 Å². The predicted molar refractivity (Wildman–Crippen MR) is 137 cm³/mol. The smallest absolute Gasteiger partial charge is 0.258 e. The molecule has 188 valence electrons. The molecule has 0 radical (unpaired) electrons. The van der Waals surface area contributed by atoms with Crippen LogP contribution in [-0.2, 0) is 10.0 Å². The van der Waals surface area contributed by atoms with Crippen LogP contribution in [0.2, 0.25) is 0 Å². The molecule has 0 N–H and O–H groups in total. The van der Waals surface area contributed by atoms with Crippen LogP contribution < -0.4 is 4.74 Å². The number of ketones is 1. The van der Waals surface area contributed by atoms with E-state index in [1.54, 1.807) is 36.4 Å². The molecule has 0 saturated carbocycles. The van der Waals surface area contributed by atoms with Gasteiger partial charge in [-0.05, 0) is 36.6 Å². The molecule has 1 aromatic heterocycles. The minimum Gasteiger partial charge on any atom is -0.495 e. The van der Waals surface area contributed by atoms with Crippen LogP contribution in [0.4, 0.5) is 0 Å². The standard InChI is InChI=1S/C25H26N4O5S2/c1-34-22-12-10-19(16-23(22)36(32,33)28-14-6-3-7-15-28)11-13-24(31)29-18-26-27-25(29)35-17-21(30)20-8-4-2-5-9-20/h2,4-5,8-13,16,18H,3,6-7,14-15,17H2,1H3. The van der Waals surface area contributed by atoms with Gasteiger partial charge in [-0.15, -0.1) is 10.2 Å². The minimum atomic E-state index is -3.73. The number of benzene rings is 2. The summed E-state index contributed by atoms with van der Waals surface area (Å²) in [5.74, 6) is -0.148. The first-order valence-corrected chi connectivity index (χ1v) is 13.8. The summed E-state index contributed by atoms with van der Waals surface area (Å²) in [6.45, 7) is 0.954. The summed E-state index contributed by atoms with van der Waals surface area (Å²) >= 11 is 1.12. The molecular formula is C25H26N4O5S2. The van der Waals surface area contributed by atoms with E-state index in [9.17, 15) is 18.0 Å². The number of Topliss-reactive ketones (excluding diaryl/α,β-unsaturated/α-hetero) is 1. The van der Waals surface area contributed by atoms with E-state index in [0.717, 1.165) is 31.0 Å². The summed E-state index contributed by atoms with van der Waals surface area (Å²) in [4.78, 5) is 25.3. The minimum absolute atomic E-state index is 0.0708. The molecule has 36 heavy (non-hydrogen) atoms. The van der Waals surface area contributed by atoms with Gasteiger partial charge in [-0.1, -0.05) is 54.6 Å². The second-order valence-corrected chi connectivity index (χ2v) is 11.0. The van der Waals surface area contributed by atoms with Crippen molar-refractivity contribution in [1.29, 1.82) is 0 Å². The molecule has 0 atom stereocenters. The van der Waals surface area contributed by atoms with Crippen LogP contribution in [-0.4, -0.2) is 65.1 Å². The van der Waals surface area contributed by atoms with Gasteiger partial charge in [0.2, 0.25) is 10.0 Å². The number of carbonyl (C=O) groups is 2. The molecule has 0 amide bonds. The maximum atomic E-state index is 13.2. The lowest BCUT2D eigenvalue weighted by molar-refractivity contribution is 0.0957. The topological polar surface area (TPSA) is 111 Å². The maximum absolute atomic E-state index is 13.2. The number of thioether (sulfide) groups is 1. The molecule has 0 spiro atoms. The van der Waals surface area contributed by atoms with Crippen LogP contribution in [0.3, 0.4) is 0 Å².